The first kappa shape index (κ1) is 18.7. The van der Waals surface area contributed by atoms with Gasteiger partial charge in [-0.25, -0.2) is 0 Å². The van der Waals surface area contributed by atoms with Crippen molar-refractivity contribution in [2.45, 2.75) is 41.5 Å². The van der Waals surface area contributed by atoms with Crippen molar-refractivity contribution in [3.63, 3.8) is 0 Å². The van der Waals surface area contributed by atoms with Crippen LogP contribution in [0.25, 0.3) is 6.08 Å². The highest BCUT2D eigenvalue weighted by molar-refractivity contribution is 5.96. The van der Waals surface area contributed by atoms with Crippen LogP contribution in [0.15, 0.2) is 71.2 Å². The Morgan fingerprint density at radius 1 is 1.12 bits per heavy atom. The first-order valence-electron chi connectivity index (χ1n) is 8.53. The molecule has 0 bridgehead atoms. The summed E-state index contributed by atoms with van der Waals surface area (Å²) in [5, 5.41) is 0. The molecule has 0 atom stereocenters. The summed E-state index contributed by atoms with van der Waals surface area (Å²) in [5.41, 5.74) is 8.88. The maximum absolute atomic E-state index is 11.5. The number of carbonyl (C=O) groups is 1. The predicted octanol–water partition coefficient (Wildman–Crippen LogP) is 5.86. The van der Waals surface area contributed by atoms with Gasteiger partial charge in [-0.05, 0) is 81.5 Å². The van der Waals surface area contributed by atoms with Gasteiger partial charge in [0.25, 0.3) is 0 Å². The molecule has 130 valence electrons. The molecule has 0 fully saturated rings. The van der Waals surface area contributed by atoms with Crippen molar-refractivity contribution in [3.05, 3.63) is 87.9 Å². The third-order valence-electron chi connectivity index (χ3n) is 4.96. The van der Waals surface area contributed by atoms with Crippen molar-refractivity contribution in [2.75, 3.05) is 0 Å². The molecule has 0 aromatic heterocycles. The van der Waals surface area contributed by atoms with Gasteiger partial charge in [-0.3, -0.25) is 4.79 Å². The maximum Gasteiger partial charge on any atom is 0.159 e. The van der Waals surface area contributed by atoms with E-state index in [1.165, 1.54) is 27.8 Å². The fraction of sp³-hybridized carbons (Fsp3) is 0.261. The van der Waals surface area contributed by atoms with Crippen LogP contribution in [-0.4, -0.2) is 10.7 Å². The highest BCUT2D eigenvalue weighted by atomic mass is 16.1. The molecule has 2 rings (SSSR count). The number of hydrogen-bond acceptors (Lipinski definition) is 2. The van der Waals surface area contributed by atoms with Crippen LogP contribution in [0.3, 0.4) is 0 Å². The molecule has 0 N–H and O–H groups in total. The molecule has 0 saturated heterocycles. The van der Waals surface area contributed by atoms with Gasteiger partial charge >= 0.3 is 0 Å². The van der Waals surface area contributed by atoms with Crippen molar-refractivity contribution in [1.29, 1.82) is 0 Å². The lowest BCUT2D eigenvalue weighted by Crippen LogP contribution is -2.18. The topological polar surface area (TPSA) is 20.3 Å². The first-order valence-corrected chi connectivity index (χ1v) is 8.53. The molecule has 0 radical (unpaired) electrons. The molecule has 2 nitrogen and oxygen atoms in total. The van der Waals surface area contributed by atoms with E-state index in [9.17, 15) is 4.79 Å². The fourth-order valence-electron chi connectivity index (χ4n) is 2.83. The summed E-state index contributed by atoms with van der Waals surface area (Å²) < 4.78 is 0. The number of benzene rings is 1. The number of aryl methyl sites for hydroxylation is 1. The van der Waals surface area contributed by atoms with E-state index in [-0.39, 0.29) is 5.78 Å². The Morgan fingerprint density at radius 2 is 1.80 bits per heavy atom. The van der Waals surface area contributed by atoms with Crippen LogP contribution in [0.4, 0.5) is 0 Å². The largest absolute Gasteiger partial charge is 0.321 e. The Hall–Kier alpha value is -2.61. The second kappa shape index (κ2) is 7.52. The van der Waals surface area contributed by atoms with E-state index < -0.39 is 0 Å². The van der Waals surface area contributed by atoms with Gasteiger partial charge in [-0.1, -0.05) is 30.9 Å². The van der Waals surface area contributed by atoms with Gasteiger partial charge in [0.1, 0.15) is 0 Å². The third kappa shape index (κ3) is 4.08. The van der Waals surface area contributed by atoms with Crippen LogP contribution in [0.5, 0.6) is 0 Å². The Balaban J connectivity index is 2.34. The van der Waals surface area contributed by atoms with Gasteiger partial charge in [-0.2, -0.15) is 0 Å². The van der Waals surface area contributed by atoms with E-state index in [0.717, 1.165) is 11.4 Å². The molecule has 1 heterocycles. The zero-order chi connectivity index (χ0) is 18.7. The molecule has 2 heteroatoms. The molecule has 0 unspecified atom stereocenters. The van der Waals surface area contributed by atoms with E-state index in [2.05, 4.69) is 65.5 Å². The first-order chi connectivity index (χ1) is 11.7. The molecule has 25 heavy (non-hydrogen) atoms. The molecule has 1 aromatic rings. The lowest BCUT2D eigenvalue weighted by Gasteiger charge is -2.27. The number of nitrogens with zero attached hydrogens (tertiary/aromatic N) is 1. The smallest absolute Gasteiger partial charge is 0.159 e. The van der Waals surface area contributed by atoms with E-state index in [4.69, 9.17) is 0 Å². The lowest BCUT2D eigenvalue weighted by atomic mass is 9.98. The lowest BCUT2D eigenvalue weighted by molar-refractivity contribution is -0.113. The normalized spacial score (nSPS) is 15.9. The number of carbonyl (C=O) groups excluding carboxylic acids is 1. The summed E-state index contributed by atoms with van der Waals surface area (Å²) in [5.74, 6) is 0.0569. The second-order valence-corrected chi connectivity index (χ2v) is 6.66. The number of ketones is 1. The minimum absolute atomic E-state index is 0.0569. The van der Waals surface area contributed by atoms with Gasteiger partial charge in [0.2, 0.25) is 0 Å². The number of rotatable bonds is 4. The van der Waals surface area contributed by atoms with Crippen molar-refractivity contribution >= 4 is 11.9 Å². The monoisotopic (exact) mass is 333 g/mol. The van der Waals surface area contributed by atoms with Gasteiger partial charge in [0.05, 0.1) is 0 Å². The van der Waals surface area contributed by atoms with E-state index in [1.807, 2.05) is 23.3 Å². The minimum atomic E-state index is 0.0569. The summed E-state index contributed by atoms with van der Waals surface area (Å²) in [7, 11) is 0. The van der Waals surface area contributed by atoms with Crippen LogP contribution < -0.4 is 0 Å². The zero-order valence-electron chi connectivity index (χ0n) is 16.1. The summed E-state index contributed by atoms with van der Waals surface area (Å²) >= 11 is 0. The van der Waals surface area contributed by atoms with Gasteiger partial charge < -0.3 is 4.90 Å². The molecule has 0 amide bonds. The third-order valence-corrected chi connectivity index (χ3v) is 4.96. The van der Waals surface area contributed by atoms with Gasteiger partial charge in [0.15, 0.2) is 5.78 Å². The number of Topliss-reactive ketones (excluding diaryl/α,β-unsaturated/α-hetero) is 1. The highest BCUT2D eigenvalue weighted by Crippen LogP contribution is 2.27. The van der Waals surface area contributed by atoms with Crippen LogP contribution in [0.2, 0.25) is 0 Å². The maximum atomic E-state index is 11.5. The predicted molar refractivity (Wildman–Crippen MR) is 107 cm³/mol. The standard InChI is InChI=1S/C23H27NO/c1-15-9-8-10-22(19(15)5)13-16(2)18(4)20(6)24-12-11-23(21(7)25)14-17(24)3/h8-14H,3H2,1-2,4-7H3/b16-13+,20-18+. The van der Waals surface area contributed by atoms with Crippen molar-refractivity contribution in [3.8, 4) is 0 Å². The molecule has 0 spiro atoms. The quantitative estimate of drug-likeness (QED) is 0.643. The van der Waals surface area contributed by atoms with Crippen LogP contribution in [0.1, 0.15) is 44.4 Å². The number of allylic oxidation sites excluding steroid dienone is 6. The van der Waals surface area contributed by atoms with Crippen molar-refractivity contribution in [1.82, 2.24) is 4.90 Å². The molecule has 0 saturated carbocycles. The Labute approximate surface area is 151 Å². The molecular formula is C23H27NO. The number of hydrogen-bond donors (Lipinski definition) is 0. The zero-order valence-corrected chi connectivity index (χ0v) is 16.1. The van der Waals surface area contributed by atoms with Crippen LogP contribution >= 0.6 is 0 Å². The SMILES string of the molecule is C=C1C=C(C(C)=O)C=CN1/C(C)=C(C)/C(C)=C/c1cccc(C)c1C. The van der Waals surface area contributed by atoms with Crippen molar-refractivity contribution in [2.24, 2.45) is 0 Å². The summed E-state index contributed by atoms with van der Waals surface area (Å²) in [6, 6.07) is 6.38. The van der Waals surface area contributed by atoms with Gasteiger partial charge in [0, 0.05) is 23.2 Å². The van der Waals surface area contributed by atoms with E-state index in [1.54, 1.807) is 6.92 Å². The van der Waals surface area contributed by atoms with E-state index in [0.29, 0.717) is 5.57 Å². The Bertz CT molecular complexity index is 847. The molecule has 0 aliphatic carbocycles. The summed E-state index contributed by atoms with van der Waals surface area (Å²) in [6.07, 6.45) is 7.83. The highest BCUT2D eigenvalue weighted by Gasteiger charge is 2.15. The Kier molecular flexibility index (Phi) is 5.63. The average Bonchev–Trinajstić information content (AvgIpc) is 2.57. The Morgan fingerprint density at radius 3 is 2.40 bits per heavy atom. The second-order valence-electron chi connectivity index (χ2n) is 6.66. The average molecular weight is 333 g/mol. The fourth-order valence-corrected chi connectivity index (χ4v) is 2.83. The van der Waals surface area contributed by atoms with Gasteiger partial charge in [-0.15, -0.1) is 0 Å². The van der Waals surface area contributed by atoms with Crippen molar-refractivity contribution < 1.29 is 4.79 Å². The minimum Gasteiger partial charge on any atom is -0.321 e. The molecule has 1 aliphatic heterocycles. The van der Waals surface area contributed by atoms with E-state index >= 15 is 0 Å². The van der Waals surface area contributed by atoms with Crippen LogP contribution in [0, 0.1) is 13.8 Å². The molecule has 1 aromatic carbocycles. The summed E-state index contributed by atoms with van der Waals surface area (Å²) in [6.45, 7) is 16.3. The molecular weight excluding hydrogens is 306 g/mol. The molecule has 1 aliphatic rings. The summed E-state index contributed by atoms with van der Waals surface area (Å²) in [4.78, 5) is 13.6. The van der Waals surface area contributed by atoms with Crippen LogP contribution in [-0.2, 0) is 4.79 Å².